The molecule has 1 rings (SSSR count). The molecule has 5 nitrogen and oxygen atoms in total. The highest BCUT2D eigenvalue weighted by molar-refractivity contribution is 5.14. The zero-order valence-electron chi connectivity index (χ0n) is 9.22. The zero-order valence-corrected chi connectivity index (χ0v) is 9.22. The van der Waals surface area contributed by atoms with Gasteiger partial charge in [0.2, 0.25) is 0 Å². The van der Waals surface area contributed by atoms with Crippen LogP contribution in [-0.2, 0) is 0 Å². The minimum atomic E-state index is -0.463. The van der Waals surface area contributed by atoms with Crippen LogP contribution in [0.4, 0.5) is 5.82 Å². The summed E-state index contributed by atoms with van der Waals surface area (Å²) >= 11 is 0. The Balaban J connectivity index is 2.50. The van der Waals surface area contributed by atoms with Crippen LogP contribution in [0.15, 0.2) is 12.3 Å². The first kappa shape index (κ1) is 11.7. The molecule has 0 spiro atoms. The van der Waals surface area contributed by atoms with Gasteiger partial charge in [0.1, 0.15) is 0 Å². The summed E-state index contributed by atoms with van der Waals surface area (Å²) in [7, 11) is 0. The van der Waals surface area contributed by atoms with Crippen LogP contribution in [0.3, 0.4) is 0 Å². The van der Waals surface area contributed by atoms with E-state index in [-0.39, 0.29) is 11.9 Å². The highest BCUT2D eigenvalue weighted by atomic mass is 16.6. The third-order valence-electron chi connectivity index (χ3n) is 2.46. The maximum Gasteiger partial charge on any atom is 0.389 e. The van der Waals surface area contributed by atoms with E-state index in [1.54, 1.807) is 10.9 Å². The Bertz CT molecular complexity index is 322. The third-order valence-corrected chi connectivity index (χ3v) is 2.46. The van der Waals surface area contributed by atoms with Gasteiger partial charge in [-0.05, 0) is 18.3 Å². The molecule has 0 saturated heterocycles. The van der Waals surface area contributed by atoms with Crippen molar-refractivity contribution in [2.45, 2.75) is 45.6 Å². The van der Waals surface area contributed by atoms with Crippen molar-refractivity contribution in [3.63, 3.8) is 0 Å². The molecule has 1 heterocycles. The average Bonchev–Trinajstić information content (AvgIpc) is 2.66. The topological polar surface area (TPSA) is 61.0 Å². The van der Waals surface area contributed by atoms with Gasteiger partial charge in [0.15, 0.2) is 0 Å². The second-order valence-electron chi connectivity index (χ2n) is 3.76. The second-order valence-corrected chi connectivity index (χ2v) is 3.76. The summed E-state index contributed by atoms with van der Waals surface area (Å²) < 4.78 is 1.67. The molecule has 84 valence electrons. The lowest BCUT2D eigenvalue weighted by Gasteiger charge is -2.07. The number of nitro groups is 1. The van der Waals surface area contributed by atoms with Gasteiger partial charge in [0.05, 0.1) is 23.4 Å². The lowest BCUT2D eigenvalue weighted by atomic mass is 10.1. The summed E-state index contributed by atoms with van der Waals surface area (Å²) in [5.74, 6) is -0.0719. The fraction of sp³-hybridized carbons (Fsp3) is 0.700. The standard InChI is InChI=1S/C10H17N3O2/c1-3-4-5-6-9(2)12-8-7-10(11-12)13(14)15/h7-9H,3-6H2,1-2H3/t9-/m1/s1. The maximum absolute atomic E-state index is 10.4. The molecule has 0 amide bonds. The van der Waals surface area contributed by atoms with Crippen LogP contribution >= 0.6 is 0 Å². The van der Waals surface area contributed by atoms with Crippen LogP contribution < -0.4 is 0 Å². The van der Waals surface area contributed by atoms with Gasteiger partial charge < -0.3 is 10.1 Å². The Kier molecular flexibility index (Phi) is 4.27. The number of hydrogen-bond acceptors (Lipinski definition) is 3. The number of rotatable bonds is 6. The Morgan fingerprint density at radius 3 is 2.87 bits per heavy atom. The van der Waals surface area contributed by atoms with Crippen LogP contribution in [0.2, 0.25) is 0 Å². The number of nitrogens with zero attached hydrogens (tertiary/aromatic N) is 3. The summed E-state index contributed by atoms with van der Waals surface area (Å²) in [6.45, 7) is 4.19. The molecule has 0 bridgehead atoms. The van der Waals surface area contributed by atoms with E-state index in [2.05, 4.69) is 12.0 Å². The van der Waals surface area contributed by atoms with Gasteiger partial charge in [-0.25, -0.2) is 0 Å². The summed E-state index contributed by atoms with van der Waals surface area (Å²) in [4.78, 5) is 9.96. The highest BCUT2D eigenvalue weighted by Gasteiger charge is 2.14. The average molecular weight is 211 g/mol. The number of hydrogen-bond donors (Lipinski definition) is 0. The first-order chi connectivity index (χ1) is 7.15. The van der Waals surface area contributed by atoms with Crippen LogP contribution in [-0.4, -0.2) is 14.7 Å². The predicted octanol–water partition coefficient (Wildman–Crippen LogP) is 2.93. The molecule has 0 unspecified atom stereocenters. The Hall–Kier alpha value is -1.39. The molecular formula is C10H17N3O2. The molecule has 0 saturated carbocycles. The smallest absolute Gasteiger partial charge is 0.358 e. The van der Waals surface area contributed by atoms with E-state index < -0.39 is 4.92 Å². The predicted molar refractivity (Wildman–Crippen MR) is 57.7 cm³/mol. The van der Waals surface area contributed by atoms with E-state index in [1.807, 2.05) is 6.92 Å². The summed E-state index contributed by atoms with van der Waals surface area (Å²) in [5, 5.41) is 14.3. The van der Waals surface area contributed by atoms with E-state index in [9.17, 15) is 10.1 Å². The van der Waals surface area contributed by atoms with E-state index in [4.69, 9.17) is 0 Å². The van der Waals surface area contributed by atoms with E-state index in [1.165, 1.54) is 18.9 Å². The molecule has 0 aliphatic rings. The third kappa shape index (κ3) is 3.34. The van der Waals surface area contributed by atoms with Crippen molar-refractivity contribution in [3.8, 4) is 0 Å². The maximum atomic E-state index is 10.4. The normalized spacial score (nSPS) is 12.7. The fourth-order valence-electron chi connectivity index (χ4n) is 1.49. The SMILES string of the molecule is CCCCC[C@@H](C)n1ccc([N+](=O)[O-])n1. The van der Waals surface area contributed by atoms with Crippen molar-refractivity contribution in [2.75, 3.05) is 0 Å². The van der Waals surface area contributed by atoms with Crippen molar-refractivity contribution >= 4 is 5.82 Å². The quantitative estimate of drug-likeness (QED) is 0.413. The molecule has 5 heteroatoms. The molecule has 1 aromatic rings. The molecule has 15 heavy (non-hydrogen) atoms. The molecule has 0 N–H and O–H groups in total. The van der Waals surface area contributed by atoms with Gasteiger partial charge in [0.25, 0.3) is 0 Å². The molecule has 0 aliphatic heterocycles. The molecule has 0 aromatic carbocycles. The van der Waals surface area contributed by atoms with Crippen molar-refractivity contribution in [2.24, 2.45) is 0 Å². The lowest BCUT2D eigenvalue weighted by molar-refractivity contribution is -0.389. The number of aromatic nitrogens is 2. The van der Waals surface area contributed by atoms with Gasteiger partial charge in [-0.3, -0.25) is 0 Å². The van der Waals surface area contributed by atoms with Crippen LogP contribution in [0.1, 0.15) is 45.6 Å². The minimum absolute atomic E-state index is 0.0719. The molecule has 0 radical (unpaired) electrons. The molecular weight excluding hydrogens is 194 g/mol. The van der Waals surface area contributed by atoms with Crippen LogP contribution in [0, 0.1) is 10.1 Å². The minimum Gasteiger partial charge on any atom is -0.358 e. The van der Waals surface area contributed by atoms with Gasteiger partial charge in [-0.15, -0.1) is 0 Å². The summed E-state index contributed by atoms with van der Waals surface area (Å²) in [6.07, 6.45) is 6.23. The van der Waals surface area contributed by atoms with E-state index in [0.29, 0.717) is 0 Å². The molecule has 0 aliphatic carbocycles. The lowest BCUT2D eigenvalue weighted by Crippen LogP contribution is -2.06. The van der Waals surface area contributed by atoms with Crippen molar-refractivity contribution in [1.82, 2.24) is 9.78 Å². The van der Waals surface area contributed by atoms with Gasteiger partial charge in [0, 0.05) is 0 Å². The molecule has 0 fully saturated rings. The van der Waals surface area contributed by atoms with Crippen molar-refractivity contribution in [3.05, 3.63) is 22.4 Å². The van der Waals surface area contributed by atoms with Crippen molar-refractivity contribution < 1.29 is 4.92 Å². The summed E-state index contributed by atoms with van der Waals surface area (Å²) in [5.41, 5.74) is 0. The first-order valence-corrected chi connectivity index (χ1v) is 5.34. The fourth-order valence-corrected chi connectivity index (χ4v) is 1.49. The largest absolute Gasteiger partial charge is 0.389 e. The highest BCUT2D eigenvalue weighted by Crippen LogP contribution is 2.16. The second kappa shape index (κ2) is 5.48. The van der Waals surface area contributed by atoms with Crippen molar-refractivity contribution in [1.29, 1.82) is 0 Å². The zero-order chi connectivity index (χ0) is 11.3. The Labute approximate surface area is 89.2 Å². The van der Waals surface area contributed by atoms with Gasteiger partial charge in [-0.2, -0.15) is 4.68 Å². The Morgan fingerprint density at radius 2 is 2.33 bits per heavy atom. The number of unbranched alkanes of at least 4 members (excludes halogenated alkanes) is 2. The van der Waals surface area contributed by atoms with Crippen LogP contribution in [0.5, 0.6) is 0 Å². The molecule has 1 aromatic heterocycles. The van der Waals surface area contributed by atoms with E-state index >= 15 is 0 Å². The monoisotopic (exact) mass is 211 g/mol. The van der Waals surface area contributed by atoms with E-state index in [0.717, 1.165) is 12.8 Å². The van der Waals surface area contributed by atoms with Gasteiger partial charge >= 0.3 is 5.82 Å². The Morgan fingerprint density at radius 1 is 1.60 bits per heavy atom. The molecule has 1 atom stereocenters. The summed E-state index contributed by atoms with van der Waals surface area (Å²) in [6, 6.07) is 1.68. The first-order valence-electron chi connectivity index (χ1n) is 5.34. The van der Waals surface area contributed by atoms with Gasteiger partial charge in [-0.1, -0.05) is 26.2 Å². The van der Waals surface area contributed by atoms with Crippen LogP contribution in [0.25, 0.3) is 0 Å².